The molecular formula is C11H8BrClN2O2S. The van der Waals surface area contributed by atoms with Crippen LogP contribution in [0.5, 0.6) is 0 Å². The third-order valence-corrected chi connectivity index (χ3v) is 4.11. The molecule has 0 atom stereocenters. The van der Waals surface area contributed by atoms with Crippen molar-refractivity contribution in [2.24, 2.45) is 0 Å². The molecule has 7 heteroatoms. The summed E-state index contributed by atoms with van der Waals surface area (Å²) in [6.07, 6.45) is 0. The second-order valence-corrected chi connectivity index (χ2v) is 6.14. The van der Waals surface area contributed by atoms with Crippen molar-refractivity contribution >= 4 is 50.2 Å². The highest BCUT2D eigenvalue weighted by Gasteiger charge is 2.11. The molecule has 94 valence electrons. The van der Waals surface area contributed by atoms with E-state index in [2.05, 4.69) is 21.2 Å². The van der Waals surface area contributed by atoms with Crippen LogP contribution in [0.15, 0.2) is 34.8 Å². The van der Waals surface area contributed by atoms with Gasteiger partial charge in [-0.25, -0.2) is 0 Å². The Labute approximate surface area is 121 Å². The summed E-state index contributed by atoms with van der Waals surface area (Å²) >= 11 is 10.5. The normalized spacial score (nSPS) is 10.3. The molecule has 4 nitrogen and oxygen atoms in total. The van der Waals surface area contributed by atoms with Gasteiger partial charge < -0.3 is 5.32 Å². The lowest BCUT2D eigenvalue weighted by atomic mass is 10.3. The van der Waals surface area contributed by atoms with Crippen molar-refractivity contribution < 1.29 is 4.92 Å². The third-order valence-electron chi connectivity index (χ3n) is 2.24. The number of benzene rings is 1. The van der Waals surface area contributed by atoms with Crippen LogP contribution < -0.4 is 5.32 Å². The number of hydrogen-bond acceptors (Lipinski definition) is 4. The van der Waals surface area contributed by atoms with Gasteiger partial charge in [0.05, 0.1) is 13.7 Å². The number of thiophene rings is 1. The van der Waals surface area contributed by atoms with Gasteiger partial charge in [0.15, 0.2) is 0 Å². The third kappa shape index (κ3) is 3.22. The Morgan fingerprint density at radius 3 is 2.72 bits per heavy atom. The fourth-order valence-corrected chi connectivity index (χ4v) is 2.95. The maximum atomic E-state index is 10.7. The number of anilines is 1. The molecule has 2 aromatic rings. The predicted octanol–water partition coefficient (Wildman–Crippen LogP) is 4.68. The molecule has 0 spiro atoms. The summed E-state index contributed by atoms with van der Waals surface area (Å²) in [5.41, 5.74) is 0.872. The Balaban J connectivity index is 2.06. The summed E-state index contributed by atoms with van der Waals surface area (Å²) in [4.78, 5) is 11.3. The van der Waals surface area contributed by atoms with Crippen LogP contribution in [0, 0.1) is 10.1 Å². The number of nitro groups is 1. The zero-order chi connectivity index (χ0) is 13.1. The molecule has 0 amide bonds. The largest absolute Gasteiger partial charge is 0.380 e. The van der Waals surface area contributed by atoms with Crippen LogP contribution in [-0.4, -0.2) is 4.92 Å². The maximum absolute atomic E-state index is 10.7. The first-order chi connectivity index (χ1) is 8.56. The minimum atomic E-state index is -0.424. The summed E-state index contributed by atoms with van der Waals surface area (Å²) in [7, 11) is 0. The number of halogens is 2. The molecule has 0 saturated carbocycles. The van der Waals surface area contributed by atoms with Gasteiger partial charge in [-0.1, -0.05) is 11.6 Å². The zero-order valence-corrected chi connectivity index (χ0v) is 12.2. The van der Waals surface area contributed by atoms with Crippen molar-refractivity contribution in [2.45, 2.75) is 6.54 Å². The van der Waals surface area contributed by atoms with E-state index >= 15 is 0 Å². The average molecular weight is 348 g/mol. The van der Waals surface area contributed by atoms with Crippen LogP contribution in [-0.2, 0) is 6.54 Å². The Morgan fingerprint density at radius 2 is 2.17 bits per heavy atom. The fourth-order valence-electron chi connectivity index (χ4n) is 1.40. The minimum Gasteiger partial charge on any atom is -0.380 e. The molecule has 1 heterocycles. The lowest BCUT2D eigenvalue weighted by molar-refractivity contribution is -0.385. The molecule has 1 aromatic carbocycles. The lowest BCUT2D eigenvalue weighted by Gasteiger charge is -2.05. The van der Waals surface area contributed by atoms with E-state index in [9.17, 15) is 10.1 Å². The molecule has 0 fully saturated rings. The molecule has 0 bridgehead atoms. The van der Waals surface area contributed by atoms with E-state index in [0.29, 0.717) is 11.0 Å². The monoisotopic (exact) mass is 346 g/mol. The molecular weight excluding hydrogens is 340 g/mol. The van der Waals surface area contributed by atoms with Gasteiger partial charge in [-0.05, 0) is 40.2 Å². The Morgan fingerprint density at radius 1 is 1.39 bits per heavy atom. The van der Waals surface area contributed by atoms with Gasteiger partial charge in [0.1, 0.15) is 0 Å². The van der Waals surface area contributed by atoms with Gasteiger partial charge in [0.25, 0.3) is 5.69 Å². The molecule has 0 aliphatic heterocycles. The van der Waals surface area contributed by atoms with E-state index in [1.54, 1.807) is 12.1 Å². The molecule has 0 saturated heterocycles. The van der Waals surface area contributed by atoms with E-state index in [4.69, 9.17) is 11.6 Å². The first kappa shape index (κ1) is 13.3. The van der Waals surface area contributed by atoms with E-state index in [1.807, 2.05) is 12.1 Å². The Bertz CT molecular complexity index is 588. The molecule has 0 aliphatic carbocycles. The molecule has 0 unspecified atom stereocenters. The number of nitro benzene ring substituents is 1. The summed E-state index contributed by atoms with van der Waals surface area (Å²) in [6, 6.07) is 8.62. The minimum absolute atomic E-state index is 0.0553. The van der Waals surface area contributed by atoms with Crippen LogP contribution in [0.3, 0.4) is 0 Å². The number of rotatable bonds is 4. The van der Waals surface area contributed by atoms with Gasteiger partial charge in [0.2, 0.25) is 0 Å². The zero-order valence-electron chi connectivity index (χ0n) is 9.02. The van der Waals surface area contributed by atoms with Crippen molar-refractivity contribution in [2.75, 3.05) is 5.32 Å². The molecule has 18 heavy (non-hydrogen) atoms. The van der Waals surface area contributed by atoms with Crippen molar-refractivity contribution in [1.82, 2.24) is 0 Å². The fraction of sp³-hybridized carbons (Fsp3) is 0.0909. The molecule has 2 rings (SSSR count). The first-order valence-corrected chi connectivity index (χ1v) is 6.97. The van der Waals surface area contributed by atoms with Gasteiger partial charge in [0, 0.05) is 23.2 Å². The second-order valence-electron chi connectivity index (χ2n) is 3.48. The summed E-state index contributed by atoms with van der Waals surface area (Å²) in [6.45, 7) is 0.641. The van der Waals surface area contributed by atoms with Crippen LogP contribution >= 0.6 is 38.9 Å². The maximum Gasteiger partial charge on any atom is 0.283 e. The summed E-state index contributed by atoms with van der Waals surface area (Å²) < 4.78 is 1.21. The summed E-state index contributed by atoms with van der Waals surface area (Å²) in [5.74, 6) is 0. The molecule has 0 aliphatic rings. The average Bonchev–Trinajstić information content (AvgIpc) is 2.72. The van der Waals surface area contributed by atoms with Crippen molar-refractivity contribution in [1.29, 1.82) is 0 Å². The lowest BCUT2D eigenvalue weighted by Crippen LogP contribution is -1.98. The van der Waals surface area contributed by atoms with Crippen LogP contribution in [0.1, 0.15) is 4.88 Å². The van der Waals surface area contributed by atoms with Crippen molar-refractivity contribution in [3.05, 3.63) is 54.1 Å². The highest BCUT2D eigenvalue weighted by atomic mass is 79.9. The summed E-state index contributed by atoms with van der Waals surface area (Å²) in [5, 5.41) is 13.8. The van der Waals surface area contributed by atoms with Crippen molar-refractivity contribution in [3.8, 4) is 0 Å². The number of nitrogens with one attached hydrogen (secondary N) is 1. The highest BCUT2D eigenvalue weighted by molar-refractivity contribution is 9.10. The van der Waals surface area contributed by atoms with Crippen LogP contribution in [0.4, 0.5) is 11.4 Å². The molecule has 0 radical (unpaired) electrons. The molecule has 1 N–H and O–H groups in total. The SMILES string of the molecule is O=[N+]([O-])c1ccc(NCc2ccc(Cl)s2)cc1Br. The number of hydrogen-bond donors (Lipinski definition) is 1. The Hall–Kier alpha value is -1.11. The quantitative estimate of drug-likeness (QED) is 0.645. The van der Waals surface area contributed by atoms with E-state index in [0.717, 1.165) is 14.9 Å². The molecule has 1 aromatic heterocycles. The van der Waals surface area contributed by atoms with E-state index in [-0.39, 0.29) is 5.69 Å². The standard InChI is InChI=1S/C11H8BrClN2O2S/c12-9-5-7(1-3-10(9)15(16)17)14-6-8-2-4-11(13)18-8/h1-5,14H,6H2. The van der Waals surface area contributed by atoms with Gasteiger partial charge in [-0.3, -0.25) is 10.1 Å². The smallest absolute Gasteiger partial charge is 0.283 e. The highest BCUT2D eigenvalue weighted by Crippen LogP contribution is 2.28. The van der Waals surface area contributed by atoms with Crippen LogP contribution in [0.25, 0.3) is 0 Å². The Kier molecular flexibility index (Phi) is 4.21. The van der Waals surface area contributed by atoms with Gasteiger partial charge in [-0.15, -0.1) is 11.3 Å². The topological polar surface area (TPSA) is 55.2 Å². The van der Waals surface area contributed by atoms with Gasteiger partial charge >= 0.3 is 0 Å². The van der Waals surface area contributed by atoms with Crippen molar-refractivity contribution in [3.63, 3.8) is 0 Å². The number of nitrogens with zero attached hydrogens (tertiary/aromatic N) is 1. The van der Waals surface area contributed by atoms with E-state index in [1.165, 1.54) is 17.4 Å². The van der Waals surface area contributed by atoms with Crippen LogP contribution in [0.2, 0.25) is 4.34 Å². The van der Waals surface area contributed by atoms with E-state index < -0.39 is 4.92 Å². The first-order valence-electron chi connectivity index (χ1n) is 4.98. The predicted molar refractivity (Wildman–Crippen MR) is 77.5 cm³/mol. The second kappa shape index (κ2) is 5.69. The van der Waals surface area contributed by atoms with Gasteiger partial charge in [-0.2, -0.15) is 0 Å².